The Hall–Kier alpha value is -1.42. The zero-order chi connectivity index (χ0) is 14.0. The van der Waals surface area contributed by atoms with Crippen molar-refractivity contribution >= 4 is 27.7 Å². The van der Waals surface area contributed by atoms with Crippen LogP contribution in [0.25, 0.3) is 0 Å². The van der Waals surface area contributed by atoms with E-state index in [1.54, 1.807) is 19.9 Å². The van der Waals surface area contributed by atoms with Crippen LogP contribution in [0.1, 0.15) is 25.8 Å². The topological polar surface area (TPSA) is 43.4 Å². The summed E-state index contributed by atoms with van der Waals surface area (Å²) >= 11 is 3.39. The fourth-order valence-corrected chi connectivity index (χ4v) is 2.57. The standard InChI is InChI=1S/C15H15BrO3/c1-10(2)19-14(18)15(7-6-13(17)9-15)11-4-3-5-12(16)8-11/h3-8,10H,9H2,1-2H3/t15-/m0/s1. The van der Waals surface area contributed by atoms with Crippen LogP contribution in [0.5, 0.6) is 0 Å². The monoisotopic (exact) mass is 322 g/mol. The van der Waals surface area contributed by atoms with E-state index >= 15 is 0 Å². The molecule has 0 radical (unpaired) electrons. The zero-order valence-corrected chi connectivity index (χ0v) is 12.4. The first-order valence-corrected chi connectivity index (χ1v) is 6.92. The minimum atomic E-state index is -0.981. The van der Waals surface area contributed by atoms with Gasteiger partial charge in [0.2, 0.25) is 0 Å². The Morgan fingerprint density at radius 3 is 2.68 bits per heavy atom. The minimum absolute atomic E-state index is 0.0549. The van der Waals surface area contributed by atoms with Crippen LogP contribution >= 0.6 is 15.9 Å². The summed E-state index contributed by atoms with van der Waals surface area (Å²) in [6.45, 7) is 3.60. The summed E-state index contributed by atoms with van der Waals surface area (Å²) in [6, 6.07) is 7.42. The lowest BCUT2D eigenvalue weighted by Gasteiger charge is -2.26. The van der Waals surface area contributed by atoms with Gasteiger partial charge in [-0.3, -0.25) is 9.59 Å². The van der Waals surface area contributed by atoms with E-state index in [0.717, 1.165) is 10.0 Å². The average molecular weight is 323 g/mol. The highest BCUT2D eigenvalue weighted by molar-refractivity contribution is 9.10. The average Bonchev–Trinajstić information content (AvgIpc) is 2.72. The molecule has 0 saturated carbocycles. The largest absolute Gasteiger partial charge is 0.462 e. The maximum absolute atomic E-state index is 12.4. The second-order valence-corrected chi connectivity index (χ2v) is 5.83. The third-order valence-corrected chi connectivity index (χ3v) is 3.55. The molecule has 0 aromatic heterocycles. The highest BCUT2D eigenvalue weighted by Gasteiger charge is 2.44. The quantitative estimate of drug-likeness (QED) is 0.803. The van der Waals surface area contributed by atoms with Crippen LogP contribution in [0.3, 0.4) is 0 Å². The van der Waals surface area contributed by atoms with Crippen molar-refractivity contribution in [3.63, 3.8) is 0 Å². The van der Waals surface area contributed by atoms with Gasteiger partial charge in [-0.2, -0.15) is 0 Å². The van der Waals surface area contributed by atoms with Gasteiger partial charge >= 0.3 is 5.97 Å². The Morgan fingerprint density at radius 1 is 1.42 bits per heavy atom. The highest BCUT2D eigenvalue weighted by Crippen LogP contribution is 2.37. The van der Waals surface area contributed by atoms with Crippen molar-refractivity contribution in [1.29, 1.82) is 0 Å². The third kappa shape index (κ3) is 2.78. The number of benzene rings is 1. The molecule has 1 aromatic carbocycles. The van der Waals surface area contributed by atoms with Gasteiger partial charge in [-0.15, -0.1) is 0 Å². The van der Waals surface area contributed by atoms with E-state index in [9.17, 15) is 9.59 Å². The molecule has 0 N–H and O–H groups in total. The van der Waals surface area contributed by atoms with Gasteiger partial charge < -0.3 is 4.74 Å². The normalized spacial score (nSPS) is 22.0. The molecule has 2 rings (SSSR count). The van der Waals surface area contributed by atoms with Crippen LogP contribution in [0, 0.1) is 0 Å². The van der Waals surface area contributed by atoms with E-state index in [-0.39, 0.29) is 24.3 Å². The Labute approximate surface area is 120 Å². The van der Waals surface area contributed by atoms with Gasteiger partial charge in [-0.25, -0.2) is 0 Å². The number of carbonyl (C=O) groups is 2. The van der Waals surface area contributed by atoms with E-state index in [4.69, 9.17) is 4.74 Å². The van der Waals surface area contributed by atoms with Crippen molar-refractivity contribution in [1.82, 2.24) is 0 Å². The summed E-state index contributed by atoms with van der Waals surface area (Å²) in [6.07, 6.45) is 3.04. The summed E-state index contributed by atoms with van der Waals surface area (Å²) in [5.74, 6) is -0.427. The summed E-state index contributed by atoms with van der Waals surface area (Å²) in [5.41, 5.74) is -0.208. The molecule has 4 heteroatoms. The van der Waals surface area contributed by atoms with Crippen LogP contribution in [0.4, 0.5) is 0 Å². The molecule has 19 heavy (non-hydrogen) atoms. The number of rotatable bonds is 3. The number of hydrogen-bond donors (Lipinski definition) is 0. The first-order valence-electron chi connectivity index (χ1n) is 6.13. The first-order chi connectivity index (χ1) is 8.94. The maximum atomic E-state index is 12.4. The van der Waals surface area contributed by atoms with Gasteiger partial charge in [-0.05, 0) is 37.6 Å². The summed E-state index contributed by atoms with van der Waals surface area (Å²) < 4.78 is 6.19. The maximum Gasteiger partial charge on any atom is 0.321 e. The van der Waals surface area contributed by atoms with Crippen molar-refractivity contribution < 1.29 is 14.3 Å². The number of allylic oxidation sites excluding steroid dienone is 1. The third-order valence-electron chi connectivity index (χ3n) is 3.05. The van der Waals surface area contributed by atoms with E-state index in [1.807, 2.05) is 24.3 Å². The van der Waals surface area contributed by atoms with E-state index in [0.29, 0.717) is 0 Å². The second-order valence-electron chi connectivity index (χ2n) is 4.91. The molecular weight excluding hydrogens is 308 g/mol. The molecule has 1 atom stereocenters. The lowest BCUT2D eigenvalue weighted by Crippen LogP contribution is -2.36. The fraction of sp³-hybridized carbons (Fsp3) is 0.333. The molecule has 0 unspecified atom stereocenters. The Balaban J connectivity index is 2.45. The molecule has 1 aliphatic carbocycles. The minimum Gasteiger partial charge on any atom is -0.462 e. The molecular formula is C15H15BrO3. The number of carbonyl (C=O) groups excluding carboxylic acids is 2. The van der Waals surface area contributed by atoms with Crippen LogP contribution in [-0.2, 0) is 19.7 Å². The molecule has 0 amide bonds. The molecule has 1 aromatic rings. The molecule has 0 fully saturated rings. The van der Waals surface area contributed by atoms with Crippen molar-refractivity contribution in [3.8, 4) is 0 Å². The Morgan fingerprint density at radius 2 is 2.16 bits per heavy atom. The number of esters is 1. The van der Waals surface area contributed by atoms with E-state index < -0.39 is 5.41 Å². The van der Waals surface area contributed by atoms with Crippen molar-refractivity contribution in [3.05, 3.63) is 46.5 Å². The predicted molar refractivity (Wildman–Crippen MR) is 75.8 cm³/mol. The van der Waals surface area contributed by atoms with Crippen LogP contribution in [-0.4, -0.2) is 17.9 Å². The van der Waals surface area contributed by atoms with Crippen molar-refractivity contribution in [2.24, 2.45) is 0 Å². The van der Waals surface area contributed by atoms with Gasteiger partial charge in [0.05, 0.1) is 6.10 Å². The van der Waals surface area contributed by atoms with Gasteiger partial charge in [0, 0.05) is 10.9 Å². The number of ether oxygens (including phenoxy) is 1. The molecule has 0 bridgehead atoms. The molecule has 0 saturated heterocycles. The summed E-state index contributed by atoms with van der Waals surface area (Å²) in [7, 11) is 0. The van der Waals surface area contributed by atoms with Crippen LogP contribution in [0.15, 0.2) is 40.9 Å². The summed E-state index contributed by atoms with van der Waals surface area (Å²) in [5, 5.41) is 0. The lowest BCUT2D eigenvalue weighted by atomic mass is 9.80. The van der Waals surface area contributed by atoms with E-state index in [2.05, 4.69) is 15.9 Å². The van der Waals surface area contributed by atoms with Crippen LogP contribution < -0.4 is 0 Å². The highest BCUT2D eigenvalue weighted by atomic mass is 79.9. The molecule has 0 spiro atoms. The zero-order valence-electron chi connectivity index (χ0n) is 10.9. The number of hydrogen-bond acceptors (Lipinski definition) is 3. The lowest BCUT2D eigenvalue weighted by molar-refractivity contribution is -0.153. The van der Waals surface area contributed by atoms with Gasteiger partial charge in [0.15, 0.2) is 5.78 Å². The van der Waals surface area contributed by atoms with Gasteiger partial charge in [0.25, 0.3) is 0 Å². The molecule has 0 heterocycles. The van der Waals surface area contributed by atoms with Gasteiger partial charge in [0.1, 0.15) is 5.41 Å². The number of ketones is 1. The molecule has 100 valence electrons. The molecule has 0 aliphatic heterocycles. The van der Waals surface area contributed by atoms with Crippen molar-refractivity contribution in [2.75, 3.05) is 0 Å². The number of halogens is 1. The smallest absolute Gasteiger partial charge is 0.321 e. The Bertz CT molecular complexity index is 548. The molecule has 1 aliphatic rings. The van der Waals surface area contributed by atoms with E-state index in [1.165, 1.54) is 6.08 Å². The summed E-state index contributed by atoms with van der Waals surface area (Å²) in [4.78, 5) is 24.0. The first kappa shape index (κ1) is 14.0. The molecule has 3 nitrogen and oxygen atoms in total. The van der Waals surface area contributed by atoms with Crippen LogP contribution in [0.2, 0.25) is 0 Å². The van der Waals surface area contributed by atoms with Crippen molar-refractivity contribution in [2.45, 2.75) is 31.8 Å². The second kappa shape index (κ2) is 5.29. The SMILES string of the molecule is CC(C)OC(=O)[C@@]1(c2cccc(Br)c2)C=CC(=O)C1. The van der Waals surface area contributed by atoms with Gasteiger partial charge in [-0.1, -0.05) is 34.1 Å². The Kier molecular flexibility index (Phi) is 3.90. The fourth-order valence-electron chi connectivity index (χ4n) is 2.17. The predicted octanol–water partition coefficient (Wildman–Crippen LogP) is 3.17.